The molecule has 0 radical (unpaired) electrons. The second-order valence-corrected chi connectivity index (χ2v) is 8.91. The number of hydrogen-bond acceptors (Lipinski definition) is 5. The Labute approximate surface area is 220 Å². The first kappa shape index (κ1) is 25.2. The van der Waals surface area contributed by atoms with Crippen molar-refractivity contribution in [3.05, 3.63) is 114 Å². The summed E-state index contributed by atoms with van der Waals surface area (Å²) in [5.41, 5.74) is 12.0. The molecule has 1 aromatic heterocycles. The molecule has 5 rings (SSSR count). The van der Waals surface area contributed by atoms with Crippen LogP contribution < -0.4 is 10.5 Å². The van der Waals surface area contributed by atoms with E-state index in [-0.39, 0.29) is 24.8 Å². The molecule has 2 N–H and O–H groups in total. The summed E-state index contributed by atoms with van der Waals surface area (Å²) in [5, 5.41) is 0.892. The van der Waals surface area contributed by atoms with Crippen LogP contribution in [-0.4, -0.2) is 12.6 Å². The van der Waals surface area contributed by atoms with Gasteiger partial charge < -0.3 is 19.6 Å². The summed E-state index contributed by atoms with van der Waals surface area (Å²) in [6, 6.07) is 27.7. The highest BCUT2D eigenvalue weighted by Gasteiger charge is 2.19. The second-order valence-electron chi connectivity index (χ2n) is 8.91. The molecule has 0 aliphatic heterocycles. The number of hydrogen-bond donors (Lipinski definition) is 1. The van der Waals surface area contributed by atoms with Crippen LogP contribution in [0.4, 0.5) is 4.39 Å². The topological polar surface area (TPSA) is 74.7 Å². The molecule has 0 saturated carbocycles. The highest BCUT2D eigenvalue weighted by atomic mass is 19.1. The molecular weight excluding hydrogens is 481 g/mol. The van der Waals surface area contributed by atoms with E-state index in [1.54, 1.807) is 19.1 Å². The van der Waals surface area contributed by atoms with E-state index >= 15 is 0 Å². The number of ether oxygens (including phenoxy) is 2. The van der Waals surface area contributed by atoms with Crippen molar-refractivity contribution >= 4 is 16.9 Å². The number of halogens is 1. The number of rotatable bonds is 9. The van der Waals surface area contributed by atoms with Crippen molar-refractivity contribution in [3.8, 4) is 28.2 Å². The van der Waals surface area contributed by atoms with E-state index in [0.29, 0.717) is 30.2 Å². The molecule has 5 nitrogen and oxygen atoms in total. The van der Waals surface area contributed by atoms with Gasteiger partial charge in [0.25, 0.3) is 0 Å². The van der Waals surface area contributed by atoms with Crippen molar-refractivity contribution < 1.29 is 23.1 Å². The summed E-state index contributed by atoms with van der Waals surface area (Å²) in [6.07, 6.45) is 0.114. The van der Waals surface area contributed by atoms with Gasteiger partial charge in [0.1, 0.15) is 29.5 Å². The van der Waals surface area contributed by atoms with Gasteiger partial charge in [-0.15, -0.1) is 0 Å². The van der Waals surface area contributed by atoms with E-state index in [0.717, 1.165) is 38.8 Å². The molecule has 5 aromatic rings. The molecule has 192 valence electrons. The molecule has 0 atom stereocenters. The minimum absolute atomic E-state index is 0.114. The third-order valence-corrected chi connectivity index (χ3v) is 6.38. The van der Waals surface area contributed by atoms with Crippen LogP contribution in [0.15, 0.2) is 95.4 Å². The Hall–Kier alpha value is -4.42. The molecule has 0 fully saturated rings. The average molecular weight is 510 g/mol. The van der Waals surface area contributed by atoms with Gasteiger partial charge in [-0.2, -0.15) is 0 Å². The van der Waals surface area contributed by atoms with Crippen LogP contribution in [0, 0.1) is 5.82 Å². The van der Waals surface area contributed by atoms with Gasteiger partial charge in [0.2, 0.25) is 0 Å². The van der Waals surface area contributed by atoms with Crippen LogP contribution in [0.2, 0.25) is 0 Å². The SMILES string of the molecule is CCOC(=O)Cc1ccccc1OCc1c(-c2ccc(F)cc2)oc2ccc(-c3cccc(CN)c3)cc12. The number of carbonyl (C=O) groups is 1. The number of furan rings is 1. The van der Waals surface area contributed by atoms with E-state index in [9.17, 15) is 9.18 Å². The largest absolute Gasteiger partial charge is 0.488 e. The van der Waals surface area contributed by atoms with Crippen LogP contribution in [-0.2, 0) is 29.1 Å². The summed E-state index contributed by atoms with van der Waals surface area (Å²) in [6.45, 7) is 2.74. The number of para-hydroxylation sites is 1. The first-order valence-corrected chi connectivity index (χ1v) is 12.5. The summed E-state index contributed by atoms with van der Waals surface area (Å²) >= 11 is 0. The summed E-state index contributed by atoms with van der Waals surface area (Å²) in [7, 11) is 0. The monoisotopic (exact) mass is 509 g/mol. The zero-order chi connectivity index (χ0) is 26.5. The Kier molecular flexibility index (Phi) is 7.52. The number of nitrogens with two attached hydrogens (primary N) is 1. The fourth-order valence-corrected chi connectivity index (χ4v) is 4.49. The molecule has 0 unspecified atom stereocenters. The van der Waals surface area contributed by atoms with Gasteiger partial charge in [-0.1, -0.05) is 42.5 Å². The van der Waals surface area contributed by atoms with Crippen molar-refractivity contribution in [2.24, 2.45) is 5.73 Å². The number of benzene rings is 4. The summed E-state index contributed by atoms with van der Waals surface area (Å²) in [4.78, 5) is 12.1. The van der Waals surface area contributed by atoms with Gasteiger partial charge in [0.05, 0.1) is 13.0 Å². The predicted octanol–water partition coefficient (Wildman–Crippen LogP) is 7.05. The Bertz CT molecular complexity index is 1570. The van der Waals surface area contributed by atoms with Crippen LogP contribution in [0.3, 0.4) is 0 Å². The fraction of sp³-hybridized carbons (Fsp3) is 0.156. The zero-order valence-corrected chi connectivity index (χ0v) is 21.1. The maximum Gasteiger partial charge on any atom is 0.310 e. The first-order valence-electron chi connectivity index (χ1n) is 12.5. The lowest BCUT2D eigenvalue weighted by molar-refractivity contribution is -0.142. The van der Waals surface area contributed by atoms with Crippen molar-refractivity contribution in [2.75, 3.05) is 6.61 Å². The highest BCUT2D eigenvalue weighted by Crippen LogP contribution is 2.37. The van der Waals surface area contributed by atoms with Crippen molar-refractivity contribution in [1.82, 2.24) is 0 Å². The van der Waals surface area contributed by atoms with Gasteiger partial charge in [0.15, 0.2) is 0 Å². The van der Waals surface area contributed by atoms with Crippen LogP contribution >= 0.6 is 0 Å². The summed E-state index contributed by atoms with van der Waals surface area (Å²) < 4.78 is 31.4. The minimum Gasteiger partial charge on any atom is -0.488 e. The second kappa shape index (κ2) is 11.3. The maximum absolute atomic E-state index is 13.7. The molecule has 6 heteroatoms. The number of esters is 1. The number of fused-ring (bicyclic) bond motifs is 1. The molecule has 0 amide bonds. The molecular formula is C32H28FNO4. The predicted molar refractivity (Wildman–Crippen MR) is 146 cm³/mol. The van der Waals surface area contributed by atoms with Crippen LogP contribution in [0.5, 0.6) is 5.75 Å². The normalized spacial score (nSPS) is 11.0. The Morgan fingerprint density at radius 2 is 1.66 bits per heavy atom. The van der Waals surface area contributed by atoms with E-state index in [2.05, 4.69) is 12.1 Å². The molecule has 0 aliphatic rings. The molecule has 4 aromatic carbocycles. The quantitative estimate of drug-likeness (QED) is 0.216. The molecule has 0 bridgehead atoms. The van der Waals surface area contributed by atoms with Crippen molar-refractivity contribution in [2.45, 2.75) is 26.5 Å². The number of carbonyl (C=O) groups excluding carboxylic acids is 1. The van der Waals surface area contributed by atoms with Gasteiger partial charge in [-0.25, -0.2) is 4.39 Å². The van der Waals surface area contributed by atoms with E-state index in [1.807, 2.05) is 54.6 Å². The van der Waals surface area contributed by atoms with Gasteiger partial charge >= 0.3 is 5.97 Å². The van der Waals surface area contributed by atoms with Gasteiger partial charge in [0, 0.05) is 28.6 Å². The molecule has 0 spiro atoms. The first-order chi connectivity index (χ1) is 18.6. The lowest BCUT2D eigenvalue weighted by Crippen LogP contribution is -2.09. The fourth-order valence-electron chi connectivity index (χ4n) is 4.49. The highest BCUT2D eigenvalue weighted by molar-refractivity contribution is 5.91. The molecule has 1 heterocycles. The third-order valence-electron chi connectivity index (χ3n) is 6.38. The van der Waals surface area contributed by atoms with E-state index < -0.39 is 0 Å². The summed E-state index contributed by atoms with van der Waals surface area (Å²) in [5.74, 6) is 0.564. The smallest absolute Gasteiger partial charge is 0.310 e. The standard InChI is InChI=1S/C32H28FNO4/c1-2-36-31(35)18-25-7-3-4-9-29(25)37-20-28-27-17-24(23-8-5-6-21(16-23)19-34)12-15-30(27)38-32(28)22-10-13-26(33)14-11-22/h3-17H,2,18-20,34H2,1H3. The van der Waals surface area contributed by atoms with E-state index in [4.69, 9.17) is 19.6 Å². The third kappa shape index (κ3) is 5.45. The zero-order valence-electron chi connectivity index (χ0n) is 21.1. The molecule has 0 aliphatic carbocycles. The lowest BCUT2D eigenvalue weighted by atomic mass is 9.99. The Morgan fingerprint density at radius 3 is 2.45 bits per heavy atom. The van der Waals surface area contributed by atoms with Gasteiger partial charge in [-0.05, 0) is 72.1 Å². The average Bonchev–Trinajstić information content (AvgIpc) is 3.31. The lowest BCUT2D eigenvalue weighted by Gasteiger charge is -2.12. The molecule has 0 saturated heterocycles. The van der Waals surface area contributed by atoms with Crippen molar-refractivity contribution in [1.29, 1.82) is 0 Å². The van der Waals surface area contributed by atoms with E-state index in [1.165, 1.54) is 12.1 Å². The van der Waals surface area contributed by atoms with Crippen molar-refractivity contribution in [3.63, 3.8) is 0 Å². The Balaban J connectivity index is 1.56. The van der Waals surface area contributed by atoms with Crippen LogP contribution in [0.1, 0.15) is 23.6 Å². The van der Waals surface area contributed by atoms with Gasteiger partial charge in [-0.3, -0.25) is 4.79 Å². The minimum atomic E-state index is -0.322. The molecule has 38 heavy (non-hydrogen) atoms. The van der Waals surface area contributed by atoms with Crippen LogP contribution in [0.25, 0.3) is 33.4 Å². The maximum atomic E-state index is 13.7. The Morgan fingerprint density at radius 1 is 0.895 bits per heavy atom.